The van der Waals surface area contributed by atoms with Crippen LogP contribution in [0.25, 0.3) is 0 Å². The van der Waals surface area contributed by atoms with E-state index in [2.05, 4.69) is 21.2 Å². The zero-order valence-corrected chi connectivity index (χ0v) is 10.5. The Morgan fingerprint density at radius 2 is 2.19 bits per heavy atom. The van der Waals surface area contributed by atoms with E-state index in [1.54, 1.807) is 0 Å². The lowest BCUT2D eigenvalue weighted by atomic mass is 10.2. The van der Waals surface area contributed by atoms with Gasteiger partial charge in [-0.2, -0.15) is 0 Å². The summed E-state index contributed by atoms with van der Waals surface area (Å²) in [6, 6.07) is 7.55. The number of anilines is 1. The minimum atomic E-state index is 0.0224. The van der Waals surface area contributed by atoms with Crippen molar-refractivity contribution in [1.82, 2.24) is 0 Å². The van der Waals surface area contributed by atoms with E-state index in [1.807, 2.05) is 24.3 Å². The number of carbonyl (C=O) groups excluding carboxylic acids is 1. The fourth-order valence-electron chi connectivity index (χ4n) is 1.76. The maximum atomic E-state index is 11.7. The zero-order chi connectivity index (χ0) is 11.4. The summed E-state index contributed by atoms with van der Waals surface area (Å²) in [6.45, 7) is 0.788. The molecule has 4 heteroatoms. The highest BCUT2D eigenvalue weighted by molar-refractivity contribution is 9.10. The van der Waals surface area contributed by atoms with Crippen molar-refractivity contribution in [2.75, 3.05) is 11.9 Å². The van der Waals surface area contributed by atoms with E-state index in [-0.39, 0.29) is 12.0 Å². The Balaban J connectivity index is 1.84. The number of hydrogen-bond donors (Lipinski definition) is 1. The lowest BCUT2D eigenvalue weighted by Gasteiger charge is -2.09. The molecule has 1 aliphatic heterocycles. The van der Waals surface area contributed by atoms with Crippen molar-refractivity contribution in [2.24, 2.45) is 0 Å². The molecule has 3 nitrogen and oxygen atoms in total. The molecule has 1 heterocycles. The lowest BCUT2D eigenvalue weighted by Crippen LogP contribution is -2.19. The molecule has 1 atom stereocenters. The molecule has 2 rings (SSSR count). The molecule has 0 aliphatic carbocycles. The van der Waals surface area contributed by atoms with Gasteiger partial charge in [0.2, 0.25) is 5.91 Å². The summed E-state index contributed by atoms with van der Waals surface area (Å²) in [5, 5.41) is 2.86. The molecule has 0 radical (unpaired) electrons. The fraction of sp³-hybridized carbons (Fsp3) is 0.417. The van der Waals surface area contributed by atoms with E-state index in [0.717, 1.165) is 29.6 Å². The second-order valence-electron chi connectivity index (χ2n) is 3.89. The molecule has 1 fully saturated rings. The highest BCUT2D eigenvalue weighted by Crippen LogP contribution is 2.17. The van der Waals surface area contributed by atoms with Gasteiger partial charge in [-0.15, -0.1) is 0 Å². The van der Waals surface area contributed by atoms with Gasteiger partial charge in [0.25, 0.3) is 0 Å². The van der Waals surface area contributed by atoms with Crippen molar-refractivity contribution in [2.45, 2.75) is 25.4 Å². The second kappa shape index (κ2) is 5.46. The summed E-state index contributed by atoms with van der Waals surface area (Å²) >= 11 is 3.35. The van der Waals surface area contributed by atoms with Crippen molar-refractivity contribution in [1.29, 1.82) is 0 Å². The number of benzene rings is 1. The number of amides is 1. The van der Waals surface area contributed by atoms with E-state index < -0.39 is 0 Å². The van der Waals surface area contributed by atoms with Gasteiger partial charge >= 0.3 is 0 Å². The van der Waals surface area contributed by atoms with Crippen LogP contribution in [0.4, 0.5) is 5.69 Å². The molecule has 1 aliphatic rings. The lowest BCUT2D eigenvalue weighted by molar-refractivity contribution is -0.118. The molecule has 1 aromatic carbocycles. The first kappa shape index (κ1) is 11.6. The van der Waals surface area contributed by atoms with Crippen LogP contribution >= 0.6 is 15.9 Å². The number of rotatable bonds is 3. The third kappa shape index (κ3) is 3.32. The summed E-state index contributed by atoms with van der Waals surface area (Å²) in [6.07, 6.45) is 2.62. The first-order chi connectivity index (χ1) is 7.74. The molecular formula is C12H14BrNO2. The van der Waals surface area contributed by atoms with Crippen LogP contribution in [0.5, 0.6) is 0 Å². The standard InChI is InChI=1S/C12H14BrNO2/c13-9-3-5-10(6-4-9)14-12(15)8-11-2-1-7-16-11/h3-6,11H,1-2,7-8H2,(H,14,15). The predicted molar refractivity (Wildman–Crippen MR) is 66.4 cm³/mol. The van der Waals surface area contributed by atoms with Gasteiger partial charge in [-0.1, -0.05) is 15.9 Å². The van der Waals surface area contributed by atoms with Crippen LogP contribution in [0.1, 0.15) is 19.3 Å². The summed E-state index contributed by atoms with van der Waals surface area (Å²) in [7, 11) is 0. The summed E-state index contributed by atoms with van der Waals surface area (Å²) in [4.78, 5) is 11.7. The van der Waals surface area contributed by atoms with Crippen LogP contribution in [0, 0.1) is 0 Å². The molecular weight excluding hydrogens is 270 g/mol. The molecule has 1 unspecified atom stereocenters. The van der Waals surface area contributed by atoms with Crippen molar-refractivity contribution < 1.29 is 9.53 Å². The summed E-state index contributed by atoms with van der Waals surface area (Å²) < 4.78 is 6.42. The molecule has 16 heavy (non-hydrogen) atoms. The first-order valence-electron chi connectivity index (χ1n) is 5.41. The molecule has 0 aromatic heterocycles. The van der Waals surface area contributed by atoms with E-state index in [4.69, 9.17) is 4.74 Å². The average molecular weight is 284 g/mol. The third-order valence-corrected chi connectivity index (χ3v) is 3.09. The Labute approximate surface area is 103 Å². The van der Waals surface area contributed by atoms with Crippen LogP contribution in [0.3, 0.4) is 0 Å². The maximum absolute atomic E-state index is 11.7. The topological polar surface area (TPSA) is 38.3 Å². The highest BCUT2D eigenvalue weighted by Gasteiger charge is 2.18. The molecule has 86 valence electrons. The Morgan fingerprint density at radius 1 is 1.44 bits per heavy atom. The minimum absolute atomic E-state index is 0.0224. The first-order valence-corrected chi connectivity index (χ1v) is 6.20. The van der Waals surface area contributed by atoms with Crippen LogP contribution in [-0.4, -0.2) is 18.6 Å². The molecule has 1 N–H and O–H groups in total. The summed E-state index contributed by atoms with van der Waals surface area (Å²) in [5.41, 5.74) is 0.825. The molecule has 1 aromatic rings. The molecule has 0 spiro atoms. The number of nitrogens with one attached hydrogen (secondary N) is 1. The number of ether oxygens (including phenoxy) is 1. The van der Waals surface area contributed by atoms with Crippen LogP contribution < -0.4 is 5.32 Å². The highest BCUT2D eigenvalue weighted by atomic mass is 79.9. The normalized spacial score (nSPS) is 19.7. The van der Waals surface area contributed by atoms with Crippen LogP contribution in [-0.2, 0) is 9.53 Å². The minimum Gasteiger partial charge on any atom is -0.378 e. The smallest absolute Gasteiger partial charge is 0.226 e. The molecule has 0 bridgehead atoms. The third-order valence-electron chi connectivity index (χ3n) is 2.57. The van der Waals surface area contributed by atoms with Crippen LogP contribution in [0.15, 0.2) is 28.7 Å². The fourth-order valence-corrected chi connectivity index (χ4v) is 2.02. The van der Waals surface area contributed by atoms with Gasteiger partial charge in [-0.25, -0.2) is 0 Å². The van der Waals surface area contributed by atoms with E-state index >= 15 is 0 Å². The molecule has 0 saturated carbocycles. The monoisotopic (exact) mass is 283 g/mol. The zero-order valence-electron chi connectivity index (χ0n) is 8.91. The average Bonchev–Trinajstić information content (AvgIpc) is 2.74. The van der Waals surface area contributed by atoms with E-state index in [0.29, 0.717) is 6.42 Å². The summed E-state index contributed by atoms with van der Waals surface area (Å²) in [5.74, 6) is 0.0224. The number of halogens is 1. The largest absolute Gasteiger partial charge is 0.378 e. The molecule has 1 amide bonds. The van der Waals surface area contributed by atoms with Gasteiger partial charge in [0.15, 0.2) is 0 Å². The predicted octanol–water partition coefficient (Wildman–Crippen LogP) is 2.96. The van der Waals surface area contributed by atoms with E-state index in [1.165, 1.54) is 0 Å². The van der Waals surface area contributed by atoms with Crippen molar-refractivity contribution in [3.8, 4) is 0 Å². The Bertz CT molecular complexity index is 358. The van der Waals surface area contributed by atoms with E-state index in [9.17, 15) is 4.79 Å². The van der Waals surface area contributed by atoms with Crippen molar-refractivity contribution in [3.05, 3.63) is 28.7 Å². The van der Waals surface area contributed by atoms with Crippen molar-refractivity contribution in [3.63, 3.8) is 0 Å². The second-order valence-corrected chi connectivity index (χ2v) is 4.81. The van der Waals surface area contributed by atoms with Gasteiger partial charge in [0.05, 0.1) is 12.5 Å². The number of hydrogen-bond acceptors (Lipinski definition) is 2. The van der Waals surface area contributed by atoms with Gasteiger partial charge in [0.1, 0.15) is 0 Å². The van der Waals surface area contributed by atoms with Gasteiger partial charge < -0.3 is 10.1 Å². The number of carbonyl (C=O) groups is 1. The maximum Gasteiger partial charge on any atom is 0.226 e. The van der Waals surface area contributed by atoms with Gasteiger partial charge in [-0.05, 0) is 37.1 Å². The molecule has 1 saturated heterocycles. The van der Waals surface area contributed by atoms with Gasteiger partial charge in [-0.3, -0.25) is 4.79 Å². The Morgan fingerprint density at radius 3 is 2.81 bits per heavy atom. The van der Waals surface area contributed by atoms with Gasteiger partial charge in [0, 0.05) is 16.8 Å². The Kier molecular flexibility index (Phi) is 3.96. The van der Waals surface area contributed by atoms with Crippen molar-refractivity contribution >= 4 is 27.5 Å². The quantitative estimate of drug-likeness (QED) is 0.926. The SMILES string of the molecule is O=C(CC1CCCO1)Nc1ccc(Br)cc1. The Hall–Kier alpha value is -0.870. The van der Waals surface area contributed by atoms with Crippen LogP contribution in [0.2, 0.25) is 0 Å².